The van der Waals surface area contributed by atoms with Crippen molar-refractivity contribution >= 4 is 28.8 Å². The zero-order chi connectivity index (χ0) is 12.7. The van der Waals surface area contributed by atoms with Crippen LogP contribution in [0.3, 0.4) is 0 Å². The van der Waals surface area contributed by atoms with Gasteiger partial charge in [0.15, 0.2) is 0 Å². The Hall–Kier alpha value is -2.17. The lowest BCUT2D eigenvalue weighted by atomic mass is 10.1. The van der Waals surface area contributed by atoms with Gasteiger partial charge in [-0.15, -0.1) is 0 Å². The number of rotatable bonds is 1. The number of fused-ring (bicyclic) bond motifs is 3. The summed E-state index contributed by atoms with van der Waals surface area (Å²) in [5.41, 5.74) is 1.57. The molecule has 1 unspecified atom stereocenters. The number of aromatic nitrogens is 2. The number of nitrogens with zero attached hydrogens (tertiary/aromatic N) is 3. The standard InChI is InChI=1S/C13H13N3O2/c1-3-18-11-8(2)12(17)16-10-7-5-4-6-9(10)14-13(16)15-11/h4-8H,3H2,1-2H3. The molecule has 3 rings (SSSR count). The van der Waals surface area contributed by atoms with Gasteiger partial charge in [-0.3, -0.25) is 4.79 Å². The van der Waals surface area contributed by atoms with Gasteiger partial charge in [0, 0.05) is 0 Å². The third kappa shape index (κ3) is 1.44. The van der Waals surface area contributed by atoms with E-state index < -0.39 is 0 Å². The zero-order valence-electron chi connectivity index (χ0n) is 10.3. The van der Waals surface area contributed by atoms with Crippen molar-refractivity contribution in [3.8, 4) is 0 Å². The second-order valence-corrected chi connectivity index (χ2v) is 4.18. The van der Waals surface area contributed by atoms with Crippen molar-refractivity contribution in [3.63, 3.8) is 0 Å². The molecule has 0 N–H and O–H groups in total. The summed E-state index contributed by atoms with van der Waals surface area (Å²) in [6.07, 6.45) is 0. The average Bonchev–Trinajstić information content (AvgIpc) is 2.74. The lowest BCUT2D eigenvalue weighted by Gasteiger charge is -2.19. The molecule has 1 aliphatic heterocycles. The minimum Gasteiger partial charge on any atom is -0.480 e. The summed E-state index contributed by atoms with van der Waals surface area (Å²) in [7, 11) is 0. The maximum absolute atomic E-state index is 12.3. The summed E-state index contributed by atoms with van der Waals surface area (Å²) in [6.45, 7) is 4.17. The number of carbonyl (C=O) groups excluding carboxylic acids is 1. The van der Waals surface area contributed by atoms with Gasteiger partial charge in [0.2, 0.25) is 17.8 Å². The van der Waals surface area contributed by atoms with Crippen LogP contribution in [0.5, 0.6) is 0 Å². The highest BCUT2D eigenvalue weighted by molar-refractivity contribution is 6.08. The quantitative estimate of drug-likeness (QED) is 0.772. The SMILES string of the molecule is CCOC1=Nc2nc3ccccc3n2C(=O)C1C. The monoisotopic (exact) mass is 243 g/mol. The predicted molar refractivity (Wildman–Crippen MR) is 68.2 cm³/mol. The van der Waals surface area contributed by atoms with Crippen LogP contribution in [0.4, 0.5) is 5.95 Å². The predicted octanol–water partition coefficient (Wildman–Crippen LogP) is 2.39. The van der Waals surface area contributed by atoms with Gasteiger partial charge in [0.05, 0.1) is 17.6 Å². The van der Waals surface area contributed by atoms with Crippen LogP contribution in [-0.2, 0) is 4.74 Å². The molecule has 2 aromatic rings. The Labute approximate surface area is 104 Å². The molecule has 0 bridgehead atoms. The van der Waals surface area contributed by atoms with E-state index in [1.807, 2.05) is 31.2 Å². The maximum Gasteiger partial charge on any atom is 0.246 e. The number of carbonyl (C=O) groups is 1. The first-order chi connectivity index (χ1) is 8.72. The maximum atomic E-state index is 12.3. The van der Waals surface area contributed by atoms with Crippen molar-refractivity contribution in [3.05, 3.63) is 24.3 Å². The van der Waals surface area contributed by atoms with Gasteiger partial charge in [0.1, 0.15) is 5.92 Å². The van der Waals surface area contributed by atoms with E-state index in [1.54, 1.807) is 11.5 Å². The first kappa shape index (κ1) is 11.0. The highest BCUT2D eigenvalue weighted by Crippen LogP contribution is 2.27. The molecule has 92 valence electrons. The molecule has 2 heterocycles. The number of benzene rings is 1. The highest BCUT2D eigenvalue weighted by Gasteiger charge is 2.31. The Morgan fingerprint density at radius 2 is 2.17 bits per heavy atom. The van der Waals surface area contributed by atoms with Crippen LogP contribution in [0.25, 0.3) is 11.0 Å². The summed E-state index contributed by atoms with van der Waals surface area (Å²) in [5, 5.41) is 0. The van der Waals surface area contributed by atoms with E-state index in [0.29, 0.717) is 18.5 Å². The molecule has 0 fully saturated rings. The van der Waals surface area contributed by atoms with Crippen molar-refractivity contribution < 1.29 is 9.53 Å². The molecule has 5 heteroatoms. The minimum absolute atomic E-state index is 0.0443. The molecule has 0 saturated heterocycles. The largest absolute Gasteiger partial charge is 0.480 e. The van der Waals surface area contributed by atoms with E-state index >= 15 is 0 Å². The van der Waals surface area contributed by atoms with E-state index in [0.717, 1.165) is 11.0 Å². The molecule has 0 radical (unpaired) electrons. The smallest absolute Gasteiger partial charge is 0.246 e. The minimum atomic E-state index is -0.366. The van der Waals surface area contributed by atoms with Crippen LogP contribution in [-0.4, -0.2) is 28.0 Å². The van der Waals surface area contributed by atoms with Gasteiger partial charge in [-0.05, 0) is 26.0 Å². The van der Waals surface area contributed by atoms with E-state index in [9.17, 15) is 4.79 Å². The van der Waals surface area contributed by atoms with Crippen LogP contribution in [0, 0.1) is 5.92 Å². The number of para-hydroxylation sites is 2. The molecule has 18 heavy (non-hydrogen) atoms. The van der Waals surface area contributed by atoms with Crippen molar-refractivity contribution in [2.75, 3.05) is 6.61 Å². The van der Waals surface area contributed by atoms with Gasteiger partial charge in [-0.1, -0.05) is 12.1 Å². The van der Waals surface area contributed by atoms with Gasteiger partial charge >= 0.3 is 0 Å². The Balaban J connectivity index is 2.24. The van der Waals surface area contributed by atoms with Crippen molar-refractivity contribution in [1.82, 2.24) is 9.55 Å². The van der Waals surface area contributed by atoms with Crippen LogP contribution < -0.4 is 0 Å². The van der Waals surface area contributed by atoms with Gasteiger partial charge in [0.25, 0.3) is 0 Å². The van der Waals surface area contributed by atoms with Gasteiger partial charge < -0.3 is 4.74 Å². The third-order valence-corrected chi connectivity index (χ3v) is 3.01. The lowest BCUT2D eigenvalue weighted by molar-refractivity contribution is 0.0866. The summed E-state index contributed by atoms with van der Waals surface area (Å²) in [5.74, 6) is 0.445. The number of hydrogen-bond acceptors (Lipinski definition) is 4. The fraction of sp³-hybridized carbons (Fsp3) is 0.308. The van der Waals surface area contributed by atoms with Crippen LogP contribution in [0.1, 0.15) is 18.6 Å². The van der Waals surface area contributed by atoms with Crippen molar-refractivity contribution in [2.45, 2.75) is 13.8 Å². The number of ether oxygens (including phenoxy) is 1. The Morgan fingerprint density at radius 3 is 2.94 bits per heavy atom. The average molecular weight is 243 g/mol. The van der Waals surface area contributed by atoms with Gasteiger partial charge in [-0.25, -0.2) is 9.55 Å². The third-order valence-electron chi connectivity index (χ3n) is 3.01. The summed E-state index contributed by atoms with van der Waals surface area (Å²) < 4.78 is 6.95. The molecule has 5 nitrogen and oxygen atoms in total. The number of aliphatic imine (C=N–C) groups is 1. The Kier molecular flexibility index (Phi) is 2.40. The Bertz CT molecular complexity index is 657. The molecule has 1 aromatic heterocycles. The highest BCUT2D eigenvalue weighted by atomic mass is 16.5. The second-order valence-electron chi connectivity index (χ2n) is 4.18. The number of imidazole rings is 1. The second kappa shape index (κ2) is 3.94. The summed E-state index contributed by atoms with van der Waals surface area (Å²) in [6, 6.07) is 7.52. The van der Waals surface area contributed by atoms with E-state index in [4.69, 9.17) is 4.74 Å². The summed E-state index contributed by atoms with van der Waals surface area (Å²) >= 11 is 0. The molecular weight excluding hydrogens is 230 g/mol. The first-order valence-corrected chi connectivity index (χ1v) is 5.95. The molecule has 1 atom stereocenters. The van der Waals surface area contributed by atoms with Gasteiger partial charge in [-0.2, -0.15) is 4.99 Å². The van der Waals surface area contributed by atoms with E-state index in [2.05, 4.69) is 9.98 Å². The molecule has 0 aliphatic carbocycles. The molecule has 0 spiro atoms. The Morgan fingerprint density at radius 1 is 1.39 bits per heavy atom. The molecule has 0 saturated carbocycles. The summed E-state index contributed by atoms with van der Waals surface area (Å²) in [4.78, 5) is 21.0. The van der Waals surface area contributed by atoms with Crippen LogP contribution in [0.15, 0.2) is 29.3 Å². The van der Waals surface area contributed by atoms with Crippen molar-refractivity contribution in [2.24, 2.45) is 10.9 Å². The van der Waals surface area contributed by atoms with Crippen LogP contribution in [0.2, 0.25) is 0 Å². The fourth-order valence-electron chi connectivity index (χ4n) is 2.11. The number of hydrogen-bond donors (Lipinski definition) is 0. The fourth-order valence-corrected chi connectivity index (χ4v) is 2.11. The first-order valence-electron chi connectivity index (χ1n) is 5.95. The lowest BCUT2D eigenvalue weighted by Crippen LogP contribution is -2.31. The van der Waals surface area contributed by atoms with E-state index in [-0.39, 0.29) is 11.8 Å². The topological polar surface area (TPSA) is 56.5 Å². The van der Waals surface area contributed by atoms with Crippen molar-refractivity contribution in [1.29, 1.82) is 0 Å². The molecule has 1 aromatic carbocycles. The molecular formula is C13H13N3O2. The molecule has 1 aliphatic rings. The molecule has 0 amide bonds. The van der Waals surface area contributed by atoms with Crippen LogP contribution >= 0.6 is 0 Å². The normalized spacial score (nSPS) is 18.7. The zero-order valence-corrected chi connectivity index (χ0v) is 10.3. The van der Waals surface area contributed by atoms with E-state index in [1.165, 1.54) is 0 Å².